The second-order valence-electron chi connectivity index (χ2n) is 4.87. The second kappa shape index (κ2) is 5.77. The van der Waals surface area contributed by atoms with Crippen LogP contribution in [0.2, 0.25) is 5.02 Å². The molecule has 1 aromatic heterocycles. The van der Waals surface area contributed by atoms with Gasteiger partial charge in [-0.2, -0.15) is 10.2 Å². The van der Waals surface area contributed by atoms with E-state index in [-0.39, 0.29) is 6.04 Å². The predicted molar refractivity (Wildman–Crippen MR) is 78.2 cm³/mol. The number of nitrogens with zero attached hydrogens (tertiary/aromatic N) is 2. The molecular formula is C15H16ClN3O. The zero-order valence-corrected chi connectivity index (χ0v) is 12.0. The summed E-state index contributed by atoms with van der Waals surface area (Å²) in [4.78, 5) is 0. The van der Waals surface area contributed by atoms with Crippen LogP contribution in [0.5, 0.6) is 5.75 Å². The summed E-state index contributed by atoms with van der Waals surface area (Å²) in [6.07, 6.45) is 5.24. The van der Waals surface area contributed by atoms with Crippen LogP contribution in [0.1, 0.15) is 22.7 Å². The smallest absolute Gasteiger partial charge is 0.125 e. The molecule has 0 radical (unpaired) electrons. The summed E-state index contributed by atoms with van der Waals surface area (Å²) in [7, 11) is 1.94. The number of halogens is 1. The molecule has 0 bridgehead atoms. The number of ether oxygens (including phenoxy) is 1. The van der Waals surface area contributed by atoms with Gasteiger partial charge in [-0.1, -0.05) is 11.6 Å². The van der Waals surface area contributed by atoms with Crippen LogP contribution in [-0.4, -0.2) is 23.9 Å². The lowest BCUT2D eigenvalue weighted by atomic mass is 9.98. The van der Waals surface area contributed by atoms with Crippen LogP contribution >= 0.6 is 11.6 Å². The minimum absolute atomic E-state index is 0.164. The van der Waals surface area contributed by atoms with Gasteiger partial charge in [0, 0.05) is 23.7 Å². The van der Waals surface area contributed by atoms with Crippen LogP contribution in [0.3, 0.4) is 0 Å². The van der Waals surface area contributed by atoms with Crippen molar-refractivity contribution in [1.82, 2.24) is 15.5 Å². The van der Waals surface area contributed by atoms with Crippen LogP contribution in [0.25, 0.3) is 0 Å². The van der Waals surface area contributed by atoms with Gasteiger partial charge >= 0.3 is 0 Å². The summed E-state index contributed by atoms with van der Waals surface area (Å²) in [6.45, 7) is 0.740. The van der Waals surface area contributed by atoms with Gasteiger partial charge in [0.05, 0.1) is 12.8 Å². The zero-order valence-electron chi connectivity index (χ0n) is 11.3. The Morgan fingerprint density at radius 3 is 3.05 bits per heavy atom. The summed E-state index contributed by atoms with van der Waals surface area (Å²) in [6, 6.07) is 6.12. The van der Waals surface area contributed by atoms with E-state index in [0.717, 1.165) is 41.3 Å². The highest BCUT2D eigenvalue weighted by atomic mass is 35.5. The third-order valence-electron chi connectivity index (χ3n) is 3.61. The maximum absolute atomic E-state index is 6.20. The lowest BCUT2D eigenvalue weighted by Crippen LogP contribution is -2.19. The molecule has 5 heteroatoms. The van der Waals surface area contributed by atoms with Crippen molar-refractivity contribution in [3.8, 4) is 5.75 Å². The summed E-state index contributed by atoms with van der Waals surface area (Å²) in [5.41, 5.74) is 3.45. The van der Waals surface area contributed by atoms with Crippen molar-refractivity contribution < 1.29 is 4.74 Å². The molecule has 0 amide bonds. The van der Waals surface area contributed by atoms with Gasteiger partial charge in [-0.05, 0) is 48.4 Å². The van der Waals surface area contributed by atoms with Crippen molar-refractivity contribution in [3.05, 3.63) is 52.3 Å². The quantitative estimate of drug-likeness (QED) is 0.940. The van der Waals surface area contributed by atoms with E-state index in [9.17, 15) is 0 Å². The van der Waals surface area contributed by atoms with Crippen molar-refractivity contribution in [1.29, 1.82) is 0 Å². The fourth-order valence-electron chi connectivity index (χ4n) is 2.61. The van der Waals surface area contributed by atoms with Crippen LogP contribution in [-0.2, 0) is 12.8 Å². The van der Waals surface area contributed by atoms with E-state index < -0.39 is 0 Å². The Hall–Kier alpha value is -1.65. The van der Waals surface area contributed by atoms with E-state index in [1.165, 1.54) is 5.56 Å². The molecular weight excluding hydrogens is 274 g/mol. The molecule has 1 aliphatic rings. The average molecular weight is 290 g/mol. The van der Waals surface area contributed by atoms with Gasteiger partial charge in [0.15, 0.2) is 0 Å². The molecule has 2 aromatic rings. The highest BCUT2D eigenvalue weighted by Crippen LogP contribution is 2.35. The van der Waals surface area contributed by atoms with Crippen LogP contribution in [0, 0.1) is 0 Å². The molecule has 0 fully saturated rings. The largest absolute Gasteiger partial charge is 0.493 e. The Balaban J connectivity index is 1.91. The third kappa shape index (κ3) is 2.62. The predicted octanol–water partition coefficient (Wildman–Crippen LogP) is 2.57. The van der Waals surface area contributed by atoms with Crippen molar-refractivity contribution in [2.24, 2.45) is 0 Å². The van der Waals surface area contributed by atoms with Gasteiger partial charge in [0.2, 0.25) is 0 Å². The maximum Gasteiger partial charge on any atom is 0.125 e. The Kier molecular flexibility index (Phi) is 3.85. The van der Waals surface area contributed by atoms with Crippen molar-refractivity contribution >= 4 is 11.6 Å². The minimum Gasteiger partial charge on any atom is -0.493 e. The number of hydrogen-bond donors (Lipinski definition) is 1. The molecule has 1 atom stereocenters. The van der Waals surface area contributed by atoms with Gasteiger partial charge < -0.3 is 10.1 Å². The molecule has 1 N–H and O–H groups in total. The first-order valence-corrected chi connectivity index (χ1v) is 7.03. The van der Waals surface area contributed by atoms with E-state index >= 15 is 0 Å². The third-order valence-corrected chi connectivity index (χ3v) is 3.83. The molecule has 4 nitrogen and oxygen atoms in total. The Bertz CT molecular complexity index is 604. The van der Waals surface area contributed by atoms with E-state index in [2.05, 4.69) is 15.5 Å². The normalized spacial score (nSPS) is 14.7. The average Bonchev–Trinajstić information content (AvgIpc) is 2.93. The molecule has 0 saturated heterocycles. The topological polar surface area (TPSA) is 47.0 Å². The number of fused-ring (bicyclic) bond motifs is 1. The van der Waals surface area contributed by atoms with E-state index in [4.69, 9.17) is 16.3 Å². The van der Waals surface area contributed by atoms with Crippen LogP contribution in [0.4, 0.5) is 0 Å². The lowest BCUT2D eigenvalue weighted by molar-refractivity contribution is 0.352. The van der Waals surface area contributed by atoms with Crippen molar-refractivity contribution in [3.63, 3.8) is 0 Å². The number of likely N-dealkylation sites (N-methyl/N-ethyl adjacent to an activating group) is 1. The zero-order chi connectivity index (χ0) is 13.9. The summed E-state index contributed by atoms with van der Waals surface area (Å²) < 4.78 is 5.75. The number of benzene rings is 1. The Labute approximate surface area is 123 Å². The molecule has 3 rings (SSSR count). The fraction of sp³-hybridized carbons (Fsp3) is 0.333. The van der Waals surface area contributed by atoms with E-state index in [1.807, 2.05) is 25.2 Å². The first-order chi connectivity index (χ1) is 9.78. The first kappa shape index (κ1) is 13.3. The standard InChI is InChI=1S/C15H16ClN3O/c1-17-14(11-2-4-18-19-9-11)8-12-7-13(16)6-10-3-5-20-15(10)12/h2,4,6-7,9,14,17H,3,5,8H2,1H3. The maximum atomic E-state index is 6.20. The van der Waals surface area contributed by atoms with Crippen molar-refractivity contribution in [2.45, 2.75) is 18.9 Å². The SMILES string of the molecule is CNC(Cc1cc(Cl)cc2c1OCC2)c1ccnnc1. The molecule has 1 aromatic carbocycles. The van der Waals surface area contributed by atoms with Gasteiger partial charge in [0.1, 0.15) is 5.75 Å². The van der Waals surface area contributed by atoms with E-state index in [0.29, 0.717) is 0 Å². The molecule has 0 aliphatic carbocycles. The van der Waals surface area contributed by atoms with Gasteiger partial charge in [-0.3, -0.25) is 0 Å². The van der Waals surface area contributed by atoms with Gasteiger partial charge in [-0.25, -0.2) is 0 Å². The highest BCUT2D eigenvalue weighted by molar-refractivity contribution is 6.30. The van der Waals surface area contributed by atoms with Gasteiger partial charge in [0.25, 0.3) is 0 Å². The number of nitrogens with one attached hydrogen (secondary N) is 1. The summed E-state index contributed by atoms with van der Waals surface area (Å²) in [5.74, 6) is 0.997. The molecule has 1 aliphatic heterocycles. The molecule has 0 spiro atoms. The first-order valence-electron chi connectivity index (χ1n) is 6.66. The molecule has 2 heterocycles. The Morgan fingerprint density at radius 1 is 1.40 bits per heavy atom. The van der Waals surface area contributed by atoms with Gasteiger partial charge in [-0.15, -0.1) is 0 Å². The fourth-order valence-corrected chi connectivity index (χ4v) is 2.87. The minimum atomic E-state index is 0.164. The number of aromatic nitrogens is 2. The molecule has 104 valence electrons. The van der Waals surface area contributed by atoms with Crippen molar-refractivity contribution in [2.75, 3.05) is 13.7 Å². The molecule has 20 heavy (non-hydrogen) atoms. The van der Waals surface area contributed by atoms with E-state index in [1.54, 1.807) is 12.4 Å². The lowest BCUT2D eigenvalue weighted by Gasteiger charge is -2.18. The Morgan fingerprint density at radius 2 is 2.30 bits per heavy atom. The highest BCUT2D eigenvalue weighted by Gasteiger charge is 2.20. The number of rotatable bonds is 4. The van der Waals surface area contributed by atoms with Crippen LogP contribution < -0.4 is 10.1 Å². The summed E-state index contributed by atoms with van der Waals surface area (Å²) >= 11 is 6.20. The monoisotopic (exact) mass is 289 g/mol. The molecule has 1 unspecified atom stereocenters. The second-order valence-corrected chi connectivity index (χ2v) is 5.31. The number of hydrogen-bond acceptors (Lipinski definition) is 4. The summed E-state index contributed by atoms with van der Waals surface area (Å²) in [5, 5.41) is 11.8. The van der Waals surface area contributed by atoms with Crippen LogP contribution in [0.15, 0.2) is 30.6 Å². The molecule has 0 saturated carbocycles.